The SMILES string of the molecule is COc1cc(CC#N)c2c(c1)OCO2. The largest absolute Gasteiger partial charge is 0.497 e. The second kappa shape index (κ2) is 3.46. The van der Waals surface area contributed by atoms with Crippen molar-refractivity contribution in [1.82, 2.24) is 0 Å². The van der Waals surface area contributed by atoms with Gasteiger partial charge < -0.3 is 14.2 Å². The Labute approximate surface area is 81.6 Å². The Morgan fingerprint density at radius 1 is 1.50 bits per heavy atom. The van der Waals surface area contributed by atoms with Crippen LogP contribution in [0.3, 0.4) is 0 Å². The molecule has 4 nitrogen and oxygen atoms in total. The molecule has 14 heavy (non-hydrogen) atoms. The highest BCUT2D eigenvalue weighted by molar-refractivity contribution is 5.53. The predicted octanol–water partition coefficient (Wildman–Crippen LogP) is 1.49. The first-order valence-electron chi connectivity index (χ1n) is 4.18. The van der Waals surface area contributed by atoms with Crippen LogP contribution in [0.15, 0.2) is 12.1 Å². The molecule has 1 aliphatic heterocycles. The summed E-state index contributed by atoms with van der Waals surface area (Å²) in [7, 11) is 1.58. The lowest BCUT2D eigenvalue weighted by Gasteiger charge is -2.05. The molecule has 1 heterocycles. The highest BCUT2D eigenvalue weighted by Crippen LogP contribution is 2.39. The van der Waals surface area contributed by atoms with E-state index in [9.17, 15) is 0 Å². The van der Waals surface area contributed by atoms with Crippen LogP contribution in [0, 0.1) is 11.3 Å². The quantitative estimate of drug-likeness (QED) is 0.710. The van der Waals surface area contributed by atoms with Crippen molar-refractivity contribution in [2.24, 2.45) is 0 Å². The number of methoxy groups -OCH3 is 1. The molecular weight excluding hydrogens is 182 g/mol. The van der Waals surface area contributed by atoms with Crippen LogP contribution in [0.5, 0.6) is 17.2 Å². The van der Waals surface area contributed by atoms with Gasteiger partial charge in [0.15, 0.2) is 11.5 Å². The second-order valence-corrected chi connectivity index (χ2v) is 2.86. The van der Waals surface area contributed by atoms with Gasteiger partial charge in [-0.2, -0.15) is 5.26 Å². The molecule has 1 aromatic carbocycles. The lowest BCUT2D eigenvalue weighted by atomic mass is 10.1. The van der Waals surface area contributed by atoms with Crippen molar-refractivity contribution in [3.05, 3.63) is 17.7 Å². The molecule has 2 rings (SSSR count). The Morgan fingerprint density at radius 2 is 2.36 bits per heavy atom. The van der Waals surface area contributed by atoms with Crippen LogP contribution in [0.1, 0.15) is 5.56 Å². The van der Waals surface area contributed by atoms with E-state index in [0.717, 1.165) is 5.56 Å². The first kappa shape index (κ1) is 8.70. The maximum atomic E-state index is 8.63. The zero-order valence-corrected chi connectivity index (χ0v) is 7.74. The van der Waals surface area contributed by atoms with Gasteiger partial charge in [-0.15, -0.1) is 0 Å². The van der Waals surface area contributed by atoms with Crippen LogP contribution in [-0.2, 0) is 6.42 Å². The second-order valence-electron chi connectivity index (χ2n) is 2.86. The fraction of sp³-hybridized carbons (Fsp3) is 0.300. The van der Waals surface area contributed by atoms with Crippen molar-refractivity contribution in [2.75, 3.05) is 13.9 Å². The van der Waals surface area contributed by atoms with Gasteiger partial charge in [0.2, 0.25) is 6.79 Å². The molecule has 1 aromatic rings. The monoisotopic (exact) mass is 191 g/mol. The highest BCUT2D eigenvalue weighted by atomic mass is 16.7. The third-order valence-corrected chi connectivity index (χ3v) is 2.03. The van der Waals surface area contributed by atoms with Crippen LogP contribution in [0.25, 0.3) is 0 Å². The van der Waals surface area contributed by atoms with Gasteiger partial charge in [0.1, 0.15) is 5.75 Å². The fourth-order valence-corrected chi connectivity index (χ4v) is 1.39. The fourth-order valence-electron chi connectivity index (χ4n) is 1.39. The van der Waals surface area contributed by atoms with E-state index in [-0.39, 0.29) is 6.79 Å². The van der Waals surface area contributed by atoms with Gasteiger partial charge in [-0.25, -0.2) is 0 Å². The lowest BCUT2D eigenvalue weighted by molar-refractivity contribution is 0.173. The number of nitrogens with zero attached hydrogens (tertiary/aromatic N) is 1. The molecule has 0 amide bonds. The Kier molecular flexibility index (Phi) is 2.15. The molecule has 0 N–H and O–H groups in total. The minimum Gasteiger partial charge on any atom is -0.497 e. The molecule has 1 aliphatic rings. The summed E-state index contributed by atoms with van der Waals surface area (Å²) < 4.78 is 15.6. The molecule has 0 aliphatic carbocycles. The van der Waals surface area contributed by atoms with Gasteiger partial charge in [0, 0.05) is 11.6 Å². The molecular formula is C10H9NO3. The third-order valence-electron chi connectivity index (χ3n) is 2.03. The minimum absolute atomic E-state index is 0.209. The number of ether oxygens (including phenoxy) is 3. The number of benzene rings is 1. The Morgan fingerprint density at radius 3 is 3.07 bits per heavy atom. The molecule has 0 spiro atoms. The molecule has 0 bridgehead atoms. The van der Waals surface area contributed by atoms with Gasteiger partial charge in [0.05, 0.1) is 19.6 Å². The standard InChI is InChI=1S/C10H9NO3/c1-12-8-4-7(2-3-11)10-9(5-8)13-6-14-10/h4-5H,2,6H2,1H3. The molecule has 0 radical (unpaired) electrons. The van der Waals surface area contributed by atoms with Crippen LogP contribution in [-0.4, -0.2) is 13.9 Å². The van der Waals surface area contributed by atoms with Crippen LogP contribution < -0.4 is 14.2 Å². The topological polar surface area (TPSA) is 51.5 Å². The average Bonchev–Trinajstić information content (AvgIpc) is 2.66. The summed E-state index contributed by atoms with van der Waals surface area (Å²) in [5, 5.41) is 8.63. The van der Waals surface area contributed by atoms with E-state index in [1.807, 2.05) is 0 Å². The highest BCUT2D eigenvalue weighted by Gasteiger charge is 2.19. The summed E-state index contributed by atoms with van der Waals surface area (Å²) >= 11 is 0. The molecule has 0 unspecified atom stereocenters. The van der Waals surface area contributed by atoms with Crippen molar-refractivity contribution in [1.29, 1.82) is 5.26 Å². The van der Waals surface area contributed by atoms with Crippen LogP contribution in [0.2, 0.25) is 0 Å². The van der Waals surface area contributed by atoms with E-state index in [1.54, 1.807) is 19.2 Å². The van der Waals surface area contributed by atoms with Gasteiger partial charge in [0.25, 0.3) is 0 Å². The summed E-state index contributed by atoms with van der Waals surface area (Å²) in [5.41, 5.74) is 0.805. The molecule has 4 heteroatoms. The zero-order valence-electron chi connectivity index (χ0n) is 7.74. The molecule has 0 saturated carbocycles. The van der Waals surface area contributed by atoms with E-state index < -0.39 is 0 Å². The van der Waals surface area contributed by atoms with Crippen molar-refractivity contribution >= 4 is 0 Å². The van der Waals surface area contributed by atoms with Gasteiger partial charge in [-0.05, 0) is 6.07 Å². The van der Waals surface area contributed by atoms with Gasteiger partial charge in [-0.1, -0.05) is 0 Å². The number of fused-ring (bicyclic) bond motifs is 1. The van der Waals surface area contributed by atoms with Crippen LogP contribution >= 0.6 is 0 Å². The number of hydrogen-bond donors (Lipinski definition) is 0. The molecule has 0 atom stereocenters. The average molecular weight is 191 g/mol. The summed E-state index contributed by atoms with van der Waals surface area (Å²) in [6.07, 6.45) is 0.295. The van der Waals surface area contributed by atoms with Crippen molar-refractivity contribution in [3.63, 3.8) is 0 Å². The molecule has 72 valence electrons. The van der Waals surface area contributed by atoms with Crippen molar-refractivity contribution in [3.8, 4) is 23.3 Å². The van der Waals surface area contributed by atoms with E-state index in [0.29, 0.717) is 23.7 Å². The number of hydrogen-bond acceptors (Lipinski definition) is 4. The number of nitriles is 1. The normalized spacial score (nSPS) is 12.3. The molecule has 0 aromatic heterocycles. The predicted molar refractivity (Wildman–Crippen MR) is 48.4 cm³/mol. The Balaban J connectivity index is 2.47. The van der Waals surface area contributed by atoms with E-state index in [1.165, 1.54) is 0 Å². The zero-order chi connectivity index (χ0) is 9.97. The summed E-state index contributed by atoms with van der Waals surface area (Å²) in [5.74, 6) is 1.99. The maximum Gasteiger partial charge on any atom is 0.231 e. The maximum absolute atomic E-state index is 8.63. The van der Waals surface area contributed by atoms with Crippen molar-refractivity contribution < 1.29 is 14.2 Å². The summed E-state index contributed by atoms with van der Waals surface area (Å²) in [4.78, 5) is 0. The summed E-state index contributed by atoms with van der Waals surface area (Å²) in [6, 6.07) is 5.62. The van der Waals surface area contributed by atoms with E-state index >= 15 is 0 Å². The summed E-state index contributed by atoms with van der Waals surface area (Å²) in [6.45, 7) is 0.209. The van der Waals surface area contributed by atoms with E-state index in [4.69, 9.17) is 19.5 Å². The smallest absolute Gasteiger partial charge is 0.231 e. The van der Waals surface area contributed by atoms with Crippen LogP contribution in [0.4, 0.5) is 0 Å². The molecule has 0 fully saturated rings. The first-order chi connectivity index (χ1) is 6.85. The lowest BCUT2D eigenvalue weighted by Crippen LogP contribution is -1.94. The van der Waals surface area contributed by atoms with E-state index in [2.05, 4.69) is 6.07 Å². The molecule has 0 saturated heterocycles. The first-order valence-corrected chi connectivity index (χ1v) is 4.18. The van der Waals surface area contributed by atoms with Gasteiger partial charge in [-0.3, -0.25) is 0 Å². The minimum atomic E-state index is 0.209. The Hall–Kier alpha value is -1.89. The Bertz CT molecular complexity index is 395. The third kappa shape index (κ3) is 1.33. The number of rotatable bonds is 2. The van der Waals surface area contributed by atoms with Gasteiger partial charge >= 0.3 is 0 Å². The van der Waals surface area contributed by atoms with Crippen molar-refractivity contribution in [2.45, 2.75) is 6.42 Å².